The van der Waals surface area contributed by atoms with Gasteiger partial charge in [-0.1, -0.05) is 23.5 Å². The highest BCUT2D eigenvalue weighted by molar-refractivity contribution is 7.16. The Morgan fingerprint density at radius 3 is 2.66 bits per heavy atom. The van der Waals surface area contributed by atoms with Gasteiger partial charge in [0, 0.05) is 44.0 Å². The number of carbonyl (C=O) groups excluding carboxylic acids is 1. The summed E-state index contributed by atoms with van der Waals surface area (Å²) in [6, 6.07) is 7.05. The highest BCUT2D eigenvalue weighted by Crippen LogP contribution is 2.42. The first-order chi connectivity index (χ1) is 18.0. The fourth-order valence-corrected chi connectivity index (χ4v) is 5.71. The minimum Gasteiger partial charge on any atom is -0.358 e. The number of hydrogen-bond acceptors (Lipinski definition) is 7. The Hall–Kier alpha value is -3.45. The molecule has 0 radical (unpaired) electrons. The molecular weight excluding hydrogens is 517 g/mol. The quantitative estimate of drug-likeness (QED) is 0.394. The predicted octanol–water partition coefficient (Wildman–Crippen LogP) is 4.01. The molecule has 9 nitrogen and oxygen atoms in total. The summed E-state index contributed by atoms with van der Waals surface area (Å²) < 4.78 is 42.6. The van der Waals surface area contributed by atoms with Gasteiger partial charge in [-0.2, -0.15) is 18.3 Å². The number of thiazole rings is 1. The number of rotatable bonds is 6. The van der Waals surface area contributed by atoms with E-state index in [2.05, 4.69) is 20.1 Å². The van der Waals surface area contributed by atoms with Crippen LogP contribution in [0.1, 0.15) is 23.2 Å². The Bertz CT molecular complexity index is 1420. The van der Waals surface area contributed by atoms with Gasteiger partial charge in [-0.05, 0) is 40.1 Å². The van der Waals surface area contributed by atoms with E-state index >= 15 is 0 Å². The summed E-state index contributed by atoms with van der Waals surface area (Å²) in [7, 11) is 3.95. The van der Waals surface area contributed by atoms with Crippen molar-refractivity contribution in [2.24, 2.45) is 0 Å². The first-order valence-corrected chi connectivity index (χ1v) is 13.1. The molecule has 4 heterocycles. The van der Waals surface area contributed by atoms with Crippen LogP contribution in [0, 0.1) is 6.92 Å². The van der Waals surface area contributed by atoms with Crippen molar-refractivity contribution in [1.29, 1.82) is 0 Å². The molecule has 0 aliphatic carbocycles. The van der Waals surface area contributed by atoms with Crippen LogP contribution in [0.2, 0.25) is 0 Å². The summed E-state index contributed by atoms with van der Waals surface area (Å²) in [5.41, 5.74) is 3.49. The average molecular weight is 547 g/mol. The summed E-state index contributed by atoms with van der Waals surface area (Å²) in [6.07, 6.45) is -2.68. The molecule has 4 aromatic rings. The normalized spacial score (nSPS) is 16.7. The number of H-pyrrole nitrogens is 1. The third-order valence-electron chi connectivity index (χ3n) is 6.53. The van der Waals surface area contributed by atoms with E-state index in [9.17, 15) is 18.0 Å². The van der Waals surface area contributed by atoms with Gasteiger partial charge in [0.2, 0.25) is 10.9 Å². The molecule has 3 aromatic heterocycles. The molecule has 38 heavy (non-hydrogen) atoms. The van der Waals surface area contributed by atoms with Crippen molar-refractivity contribution in [1.82, 2.24) is 34.5 Å². The second-order valence-electron chi connectivity index (χ2n) is 9.83. The highest BCUT2D eigenvalue weighted by atomic mass is 32.1. The van der Waals surface area contributed by atoms with Crippen LogP contribution >= 0.6 is 11.3 Å². The van der Waals surface area contributed by atoms with Gasteiger partial charge in [0.15, 0.2) is 5.82 Å². The van der Waals surface area contributed by atoms with Crippen molar-refractivity contribution in [3.05, 3.63) is 46.7 Å². The molecule has 1 atom stereocenters. The Morgan fingerprint density at radius 1 is 1.21 bits per heavy atom. The molecule has 1 unspecified atom stereocenters. The fraction of sp³-hybridized carbons (Fsp3) is 0.440. The molecule has 1 aliphatic rings. The number of aromatic nitrogens is 5. The van der Waals surface area contributed by atoms with Gasteiger partial charge in [0.05, 0.1) is 16.7 Å². The zero-order valence-electron chi connectivity index (χ0n) is 21.6. The number of hydrogen-bond donors (Lipinski definition) is 1. The maximum atomic E-state index is 13.7. The number of aryl methyl sites for hydroxylation is 1. The van der Waals surface area contributed by atoms with Crippen LogP contribution in [0.4, 0.5) is 18.2 Å². The number of aromatic amines is 1. The first kappa shape index (κ1) is 26.2. The van der Waals surface area contributed by atoms with Gasteiger partial charge in [0.1, 0.15) is 17.2 Å². The number of nitrogens with zero attached hydrogens (tertiary/aromatic N) is 7. The molecule has 13 heteroatoms. The molecule has 1 saturated heterocycles. The number of piperazine rings is 1. The van der Waals surface area contributed by atoms with Gasteiger partial charge in [-0.25, -0.2) is 9.97 Å². The lowest BCUT2D eigenvalue weighted by molar-refractivity contribution is -0.137. The van der Waals surface area contributed by atoms with Gasteiger partial charge in [0.25, 0.3) is 0 Å². The van der Waals surface area contributed by atoms with Crippen LogP contribution in [-0.2, 0) is 24.1 Å². The molecule has 1 N–H and O–H groups in total. The highest BCUT2D eigenvalue weighted by Gasteiger charge is 2.39. The lowest BCUT2D eigenvalue weighted by Gasteiger charge is -2.40. The number of para-hydroxylation sites is 2. The third kappa shape index (κ3) is 5.25. The van der Waals surface area contributed by atoms with Crippen molar-refractivity contribution in [3.63, 3.8) is 0 Å². The number of nitrogens with one attached hydrogen (secondary N) is 1. The number of alkyl halides is 3. The largest absolute Gasteiger partial charge is 0.443 e. The maximum absolute atomic E-state index is 13.7. The fourth-order valence-electron chi connectivity index (χ4n) is 4.74. The van der Waals surface area contributed by atoms with Crippen LogP contribution in [0.15, 0.2) is 30.5 Å². The zero-order chi connectivity index (χ0) is 27.2. The molecule has 0 saturated carbocycles. The minimum absolute atomic E-state index is 0.0751. The van der Waals surface area contributed by atoms with E-state index in [1.165, 1.54) is 0 Å². The van der Waals surface area contributed by atoms with E-state index in [0.717, 1.165) is 23.3 Å². The number of imidazole rings is 1. The lowest BCUT2D eigenvalue weighted by atomic mass is 10.2. The summed E-state index contributed by atoms with van der Waals surface area (Å²) in [4.78, 5) is 30.4. The van der Waals surface area contributed by atoms with Crippen LogP contribution in [0.25, 0.3) is 22.6 Å². The molecule has 0 bridgehead atoms. The van der Waals surface area contributed by atoms with Crippen LogP contribution < -0.4 is 4.90 Å². The van der Waals surface area contributed by atoms with Crippen LogP contribution in [-0.4, -0.2) is 80.2 Å². The van der Waals surface area contributed by atoms with Crippen molar-refractivity contribution < 1.29 is 18.0 Å². The number of halogens is 3. The minimum atomic E-state index is -4.57. The molecule has 202 valence electrons. The Kier molecular flexibility index (Phi) is 6.90. The number of fused-ring (bicyclic) bond motifs is 1. The number of carbonyl (C=O) groups is 1. The SMILES string of the molecule is Cc1nn(CC(=O)N2CCN(c3sc(C(F)(F)F)nc3-c3nc4ccccc4[nH]3)CC2C)cc1CN(C)C. The molecule has 1 fully saturated rings. The van der Waals surface area contributed by atoms with Crippen molar-refractivity contribution in [3.8, 4) is 11.5 Å². The van der Waals surface area contributed by atoms with Crippen LogP contribution in [0.5, 0.6) is 0 Å². The summed E-state index contributed by atoms with van der Waals surface area (Å²) in [5.74, 6) is 0.218. The molecule has 1 aliphatic heterocycles. The summed E-state index contributed by atoms with van der Waals surface area (Å²) in [5, 5.41) is 3.96. The smallest absolute Gasteiger partial charge is 0.358 e. The number of benzene rings is 1. The van der Waals surface area contributed by atoms with E-state index in [1.807, 2.05) is 62.1 Å². The van der Waals surface area contributed by atoms with Crippen molar-refractivity contribution in [2.45, 2.75) is 39.2 Å². The monoisotopic (exact) mass is 546 g/mol. The van der Waals surface area contributed by atoms with E-state index in [-0.39, 0.29) is 24.2 Å². The predicted molar refractivity (Wildman–Crippen MR) is 140 cm³/mol. The van der Waals surface area contributed by atoms with E-state index in [0.29, 0.717) is 47.3 Å². The number of anilines is 1. The van der Waals surface area contributed by atoms with E-state index in [4.69, 9.17) is 0 Å². The summed E-state index contributed by atoms with van der Waals surface area (Å²) >= 11 is 0.609. The molecule has 1 aromatic carbocycles. The lowest BCUT2D eigenvalue weighted by Crippen LogP contribution is -2.54. The van der Waals surface area contributed by atoms with Crippen molar-refractivity contribution in [2.75, 3.05) is 38.6 Å². The van der Waals surface area contributed by atoms with Crippen LogP contribution in [0.3, 0.4) is 0 Å². The van der Waals surface area contributed by atoms with Gasteiger partial charge in [-0.15, -0.1) is 0 Å². The number of amides is 1. The molecule has 0 spiro atoms. The third-order valence-corrected chi connectivity index (χ3v) is 7.69. The second-order valence-corrected chi connectivity index (χ2v) is 10.8. The van der Waals surface area contributed by atoms with E-state index in [1.54, 1.807) is 15.6 Å². The van der Waals surface area contributed by atoms with Crippen molar-refractivity contribution >= 4 is 33.3 Å². The Morgan fingerprint density at radius 2 is 1.97 bits per heavy atom. The molecular formula is C25H29F3N8OS. The molecule has 1 amide bonds. The standard InChI is InChI=1S/C25H29F3N8OS/c1-15-11-34(9-10-36(15)20(37)14-35-13-17(12-33(3)4)16(2)32-35)23-21(31-24(38-23)25(26,27)28)22-29-18-7-5-6-8-19(18)30-22/h5-8,13,15H,9-12,14H2,1-4H3,(H,29,30). The zero-order valence-corrected chi connectivity index (χ0v) is 22.4. The van der Waals surface area contributed by atoms with E-state index < -0.39 is 11.2 Å². The Balaban J connectivity index is 1.35. The topological polar surface area (TPSA) is 86.2 Å². The van der Waals surface area contributed by atoms with Gasteiger partial charge >= 0.3 is 6.18 Å². The maximum Gasteiger partial charge on any atom is 0.443 e. The van der Waals surface area contributed by atoms with Gasteiger partial charge < -0.3 is 19.7 Å². The Labute approximate surface area is 221 Å². The first-order valence-electron chi connectivity index (χ1n) is 12.2. The second kappa shape index (κ2) is 10.0. The average Bonchev–Trinajstić information content (AvgIpc) is 3.55. The summed E-state index contributed by atoms with van der Waals surface area (Å²) in [6.45, 7) is 5.81. The molecule has 5 rings (SSSR count). The van der Waals surface area contributed by atoms with Gasteiger partial charge in [-0.3, -0.25) is 9.48 Å².